The van der Waals surface area contributed by atoms with Gasteiger partial charge in [-0.2, -0.15) is 4.98 Å². The Morgan fingerprint density at radius 1 is 1.08 bits per heavy atom. The highest BCUT2D eigenvalue weighted by molar-refractivity contribution is 6.39. The zero-order chi connectivity index (χ0) is 24.9. The van der Waals surface area contributed by atoms with Gasteiger partial charge < -0.3 is 19.2 Å². The summed E-state index contributed by atoms with van der Waals surface area (Å²) in [6.45, 7) is 5.83. The van der Waals surface area contributed by atoms with E-state index in [1.165, 1.54) is 0 Å². The molecule has 0 radical (unpaired) electrons. The first kappa shape index (κ1) is 22.7. The van der Waals surface area contributed by atoms with Gasteiger partial charge in [0.05, 0.1) is 12.2 Å². The first-order chi connectivity index (χ1) is 17.4. The summed E-state index contributed by atoms with van der Waals surface area (Å²) in [4.78, 5) is 45.3. The van der Waals surface area contributed by atoms with E-state index in [1.807, 2.05) is 45.5 Å². The van der Waals surface area contributed by atoms with Crippen LogP contribution in [-0.2, 0) is 9.63 Å². The largest absolute Gasteiger partial charge is 0.386 e. The van der Waals surface area contributed by atoms with Gasteiger partial charge in [-0.15, -0.1) is 0 Å². The number of piperidine rings is 2. The van der Waals surface area contributed by atoms with Crippen LogP contribution in [0.5, 0.6) is 0 Å². The maximum absolute atomic E-state index is 13.5. The highest BCUT2D eigenvalue weighted by Gasteiger charge is 2.47. The summed E-state index contributed by atoms with van der Waals surface area (Å²) in [7, 11) is 0. The molecule has 2 fully saturated rings. The zero-order valence-electron chi connectivity index (χ0n) is 20.5. The van der Waals surface area contributed by atoms with Crippen molar-refractivity contribution in [1.82, 2.24) is 29.3 Å². The summed E-state index contributed by atoms with van der Waals surface area (Å²) in [6, 6.07) is 5.68. The van der Waals surface area contributed by atoms with E-state index in [9.17, 15) is 9.59 Å². The molecule has 0 saturated carbocycles. The smallest absolute Gasteiger partial charge is 0.272 e. The monoisotopic (exact) mass is 491 g/mol. The number of pyridine rings is 1. The molecule has 2 amide bonds. The molecule has 36 heavy (non-hydrogen) atoms. The van der Waals surface area contributed by atoms with Crippen LogP contribution in [0.2, 0.25) is 0 Å². The number of hydrogen-bond donors (Lipinski definition) is 0. The van der Waals surface area contributed by atoms with Gasteiger partial charge in [0, 0.05) is 45.1 Å². The van der Waals surface area contributed by atoms with E-state index in [4.69, 9.17) is 9.36 Å². The van der Waals surface area contributed by atoms with Crippen LogP contribution in [0.4, 0.5) is 0 Å². The number of carbonyl (C=O) groups is 2. The van der Waals surface area contributed by atoms with Crippen molar-refractivity contribution >= 4 is 23.2 Å². The molecule has 3 aliphatic rings. The van der Waals surface area contributed by atoms with Crippen LogP contribution in [0.25, 0.3) is 5.65 Å². The van der Waals surface area contributed by atoms with E-state index in [0.29, 0.717) is 61.4 Å². The van der Waals surface area contributed by atoms with Crippen LogP contribution in [0, 0.1) is 13.8 Å². The molecule has 0 aliphatic carbocycles. The highest BCUT2D eigenvalue weighted by Crippen LogP contribution is 2.35. The van der Waals surface area contributed by atoms with E-state index in [0.717, 1.165) is 31.3 Å². The standard InChI is InChI=1S/C25H29N7O4/c1-16-21(32-12-4-3-8-20(32)26-16)24(34)31-11-6-9-25(15-31)13-19(28-36-25)23(33)30-10-5-7-18(14-30)22-27-17(2)35-29-22/h3-4,8,12,18H,5-7,9-11,13-15H2,1-2H3. The fourth-order valence-electron chi connectivity index (χ4n) is 5.68. The van der Waals surface area contributed by atoms with E-state index in [-0.39, 0.29) is 17.7 Å². The number of amides is 2. The number of hydrogen-bond acceptors (Lipinski definition) is 8. The molecule has 11 nitrogen and oxygen atoms in total. The number of fused-ring (bicyclic) bond motifs is 1. The molecule has 1 spiro atoms. The number of carbonyl (C=O) groups excluding carboxylic acids is 2. The third kappa shape index (κ3) is 3.92. The molecule has 188 valence electrons. The van der Waals surface area contributed by atoms with Gasteiger partial charge in [0.1, 0.15) is 17.1 Å². The summed E-state index contributed by atoms with van der Waals surface area (Å²) in [6.07, 6.45) is 5.55. The SMILES string of the molecule is Cc1nc(C2CCCN(C(=O)C3=NOC4(CCCN(C(=O)c5c(C)nc6ccccn56)C4)C3)C2)no1. The van der Waals surface area contributed by atoms with Gasteiger partial charge in [-0.05, 0) is 44.7 Å². The topological polar surface area (TPSA) is 118 Å². The van der Waals surface area contributed by atoms with Crippen molar-refractivity contribution in [2.24, 2.45) is 5.16 Å². The number of oxime groups is 1. The Labute approximate surface area is 208 Å². The van der Waals surface area contributed by atoms with Crippen molar-refractivity contribution in [1.29, 1.82) is 0 Å². The lowest BCUT2D eigenvalue weighted by Gasteiger charge is -2.38. The van der Waals surface area contributed by atoms with Gasteiger partial charge in [-0.25, -0.2) is 4.98 Å². The molecule has 2 atom stereocenters. The number of aromatic nitrogens is 4. The fourth-order valence-corrected chi connectivity index (χ4v) is 5.68. The van der Waals surface area contributed by atoms with Crippen LogP contribution >= 0.6 is 0 Å². The fraction of sp³-hybridized carbons (Fsp3) is 0.520. The highest BCUT2D eigenvalue weighted by atomic mass is 16.7. The van der Waals surface area contributed by atoms with E-state index >= 15 is 0 Å². The Kier molecular flexibility index (Phi) is 5.50. The van der Waals surface area contributed by atoms with Crippen LogP contribution in [0.3, 0.4) is 0 Å². The van der Waals surface area contributed by atoms with Crippen molar-refractivity contribution in [2.75, 3.05) is 26.2 Å². The third-order valence-corrected chi connectivity index (χ3v) is 7.44. The molecule has 0 bridgehead atoms. The average molecular weight is 492 g/mol. The van der Waals surface area contributed by atoms with Gasteiger partial charge in [-0.1, -0.05) is 16.4 Å². The van der Waals surface area contributed by atoms with Gasteiger partial charge in [0.2, 0.25) is 5.89 Å². The number of aryl methyl sites for hydroxylation is 2. The number of rotatable bonds is 3. The van der Waals surface area contributed by atoms with Gasteiger partial charge in [-0.3, -0.25) is 14.0 Å². The number of likely N-dealkylation sites (tertiary alicyclic amines) is 2. The van der Waals surface area contributed by atoms with Crippen molar-refractivity contribution in [2.45, 2.75) is 57.5 Å². The molecular formula is C25H29N7O4. The summed E-state index contributed by atoms with van der Waals surface area (Å²) < 4.78 is 6.96. The molecule has 3 aromatic heterocycles. The summed E-state index contributed by atoms with van der Waals surface area (Å²) in [5.41, 5.74) is 1.75. The molecule has 3 aromatic rings. The summed E-state index contributed by atoms with van der Waals surface area (Å²) >= 11 is 0. The quantitative estimate of drug-likeness (QED) is 0.552. The van der Waals surface area contributed by atoms with Crippen molar-refractivity contribution < 1.29 is 18.9 Å². The van der Waals surface area contributed by atoms with Crippen LogP contribution in [-0.4, -0.2) is 78.6 Å². The molecule has 2 unspecified atom stereocenters. The Bertz CT molecular complexity index is 1360. The Hall–Kier alpha value is -3.76. The predicted octanol–water partition coefficient (Wildman–Crippen LogP) is 2.49. The second-order valence-corrected chi connectivity index (χ2v) is 10.1. The lowest BCUT2D eigenvalue weighted by atomic mass is 9.87. The lowest BCUT2D eigenvalue weighted by molar-refractivity contribution is -0.125. The Balaban J connectivity index is 1.14. The maximum atomic E-state index is 13.5. The molecule has 6 heterocycles. The summed E-state index contributed by atoms with van der Waals surface area (Å²) in [5, 5.41) is 8.28. The molecule has 11 heteroatoms. The zero-order valence-corrected chi connectivity index (χ0v) is 20.5. The molecule has 6 rings (SSSR count). The van der Waals surface area contributed by atoms with Gasteiger partial charge in [0.25, 0.3) is 11.8 Å². The minimum absolute atomic E-state index is 0.0496. The van der Waals surface area contributed by atoms with Crippen molar-refractivity contribution in [3.05, 3.63) is 47.5 Å². The van der Waals surface area contributed by atoms with Crippen LogP contribution in [0.1, 0.15) is 65.9 Å². The lowest BCUT2D eigenvalue weighted by Crippen LogP contribution is -2.51. The van der Waals surface area contributed by atoms with Gasteiger partial charge >= 0.3 is 0 Å². The van der Waals surface area contributed by atoms with Gasteiger partial charge in [0.15, 0.2) is 11.4 Å². The molecule has 3 aliphatic heterocycles. The minimum atomic E-state index is -0.673. The van der Waals surface area contributed by atoms with E-state index < -0.39 is 5.60 Å². The van der Waals surface area contributed by atoms with Crippen LogP contribution in [0.15, 0.2) is 34.1 Å². The van der Waals surface area contributed by atoms with E-state index in [2.05, 4.69) is 20.3 Å². The third-order valence-electron chi connectivity index (χ3n) is 7.44. The van der Waals surface area contributed by atoms with Crippen molar-refractivity contribution in [3.8, 4) is 0 Å². The average Bonchev–Trinajstić information content (AvgIpc) is 3.60. The normalized spacial score (nSPS) is 24.3. The molecule has 0 aromatic carbocycles. The molecule has 2 saturated heterocycles. The minimum Gasteiger partial charge on any atom is -0.386 e. The first-order valence-corrected chi connectivity index (χ1v) is 12.5. The maximum Gasteiger partial charge on any atom is 0.272 e. The number of nitrogens with zero attached hydrogens (tertiary/aromatic N) is 7. The second kappa shape index (κ2) is 8.72. The predicted molar refractivity (Wildman–Crippen MR) is 129 cm³/mol. The van der Waals surface area contributed by atoms with Crippen LogP contribution < -0.4 is 0 Å². The van der Waals surface area contributed by atoms with E-state index in [1.54, 1.807) is 6.92 Å². The first-order valence-electron chi connectivity index (χ1n) is 12.5. The second-order valence-electron chi connectivity index (χ2n) is 10.1. The summed E-state index contributed by atoms with van der Waals surface area (Å²) in [5.74, 6) is 1.03. The van der Waals surface area contributed by atoms with Crippen molar-refractivity contribution in [3.63, 3.8) is 0 Å². The molecular weight excluding hydrogens is 462 g/mol. The Morgan fingerprint density at radius 2 is 1.94 bits per heavy atom. The number of imidazole rings is 1. The Morgan fingerprint density at radius 3 is 2.78 bits per heavy atom. The molecule has 0 N–H and O–H groups in total.